The van der Waals surface area contributed by atoms with Crippen LogP contribution in [0.5, 0.6) is 0 Å². The summed E-state index contributed by atoms with van der Waals surface area (Å²) >= 11 is 9.02. The Morgan fingerprint density at radius 1 is 1.14 bits per heavy atom. The lowest BCUT2D eigenvalue weighted by Crippen LogP contribution is -2.19. The lowest BCUT2D eigenvalue weighted by atomic mass is 9.92. The van der Waals surface area contributed by atoms with E-state index >= 15 is 0 Å². The highest BCUT2D eigenvalue weighted by Crippen LogP contribution is 2.21. The highest BCUT2D eigenvalue weighted by Gasteiger charge is 2.19. The van der Waals surface area contributed by atoms with Crippen LogP contribution in [0.25, 0.3) is 0 Å². The summed E-state index contributed by atoms with van der Waals surface area (Å²) in [6, 6.07) is 11.5. The van der Waals surface area contributed by atoms with E-state index in [4.69, 9.17) is 11.6 Å². The fraction of sp³-hybridized carbons (Fsp3) is 0.188. The van der Waals surface area contributed by atoms with Gasteiger partial charge >= 0.3 is 5.97 Å². The molecule has 0 amide bonds. The van der Waals surface area contributed by atoms with Crippen LogP contribution in [-0.2, 0) is 17.6 Å². The average Bonchev–Trinajstić information content (AvgIpc) is 2.39. The molecule has 0 bridgehead atoms. The number of carbonyl (C=O) groups is 1. The van der Waals surface area contributed by atoms with Gasteiger partial charge in [-0.3, -0.25) is 4.79 Å². The number of benzene rings is 2. The third kappa shape index (κ3) is 4.83. The number of hydrogen-bond acceptors (Lipinski definition) is 1. The van der Waals surface area contributed by atoms with Crippen LogP contribution in [0.3, 0.4) is 0 Å². The molecule has 1 unspecified atom stereocenters. The standard InChI is InChI=1S/C16H13BrClFO2/c17-13-7-11(8-15(19)9-13)6-12(16(20)21)5-10-1-3-14(18)4-2-10/h1-4,7-9,12H,5-6H2,(H,20,21). The van der Waals surface area contributed by atoms with Crippen molar-refractivity contribution in [2.24, 2.45) is 5.92 Å². The molecule has 110 valence electrons. The highest BCUT2D eigenvalue weighted by atomic mass is 79.9. The number of aliphatic carboxylic acids is 1. The van der Waals surface area contributed by atoms with Crippen LogP contribution < -0.4 is 0 Å². The maximum atomic E-state index is 13.4. The zero-order valence-corrected chi connectivity index (χ0v) is 13.4. The van der Waals surface area contributed by atoms with Crippen LogP contribution in [0.2, 0.25) is 5.02 Å². The first-order valence-electron chi connectivity index (χ1n) is 6.36. The molecular formula is C16H13BrClFO2. The summed E-state index contributed by atoms with van der Waals surface area (Å²) in [5.74, 6) is -1.89. The minimum absolute atomic E-state index is 0.272. The molecule has 0 heterocycles. The van der Waals surface area contributed by atoms with Crippen molar-refractivity contribution in [3.05, 3.63) is 68.9 Å². The number of carboxylic acid groups (broad SMARTS) is 1. The number of carboxylic acids is 1. The normalized spacial score (nSPS) is 12.1. The average molecular weight is 372 g/mol. The molecule has 5 heteroatoms. The first-order chi connectivity index (χ1) is 9.94. The summed E-state index contributed by atoms with van der Waals surface area (Å²) in [7, 11) is 0. The molecule has 0 radical (unpaired) electrons. The maximum absolute atomic E-state index is 13.4. The molecule has 0 aromatic heterocycles. The largest absolute Gasteiger partial charge is 0.481 e. The Morgan fingerprint density at radius 2 is 1.76 bits per heavy atom. The van der Waals surface area contributed by atoms with Gasteiger partial charge in [-0.05, 0) is 54.3 Å². The lowest BCUT2D eigenvalue weighted by Gasteiger charge is -2.13. The van der Waals surface area contributed by atoms with Gasteiger partial charge in [-0.1, -0.05) is 39.7 Å². The second-order valence-corrected chi connectivity index (χ2v) is 6.20. The van der Waals surface area contributed by atoms with E-state index in [9.17, 15) is 14.3 Å². The van der Waals surface area contributed by atoms with E-state index in [0.717, 1.165) is 5.56 Å². The molecule has 0 aliphatic carbocycles. The van der Waals surface area contributed by atoms with Crippen molar-refractivity contribution in [2.45, 2.75) is 12.8 Å². The molecule has 0 fully saturated rings. The van der Waals surface area contributed by atoms with E-state index in [2.05, 4.69) is 15.9 Å². The van der Waals surface area contributed by atoms with Crippen LogP contribution in [0, 0.1) is 11.7 Å². The zero-order chi connectivity index (χ0) is 15.4. The van der Waals surface area contributed by atoms with Crippen LogP contribution in [-0.4, -0.2) is 11.1 Å². The molecule has 1 atom stereocenters. The molecule has 0 spiro atoms. The fourth-order valence-corrected chi connectivity index (χ4v) is 2.80. The SMILES string of the molecule is O=C(O)C(Cc1ccc(Cl)cc1)Cc1cc(F)cc(Br)c1. The quantitative estimate of drug-likeness (QED) is 0.825. The van der Waals surface area contributed by atoms with E-state index in [1.807, 2.05) is 0 Å². The van der Waals surface area contributed by atoms with Gasteiger partial charge in [0.15, 0.2) is 0 Å². The minimum atomic E-state index is -0.898. The highest BCUT2D eigenvalue weighted by molar-refractivity contribution is 9.10. The second-order valence-electron chi connectivity index (χ2n) is 4.85. The Kier molecular flexibility index (Phi) is 5.37. The van der Waals surface area contributed by atoms with Gasteiger partial charge in [-0.15, -0.1) is 0 Å². The lowest BCUT2D eigenvalue weighted by molar-refractivity contribution is -0.141. The molecule has 0 saturated heterocycles. The predicted octanol–water partition coefficient (Wildman–Crippen LogP) is 4.73. The van der Waals surface area contributed by atoms with E-state index in [1.165, 1.54) is 12.1 Å². The van der Waals surface area contributed by atoms with Crippen molar-refractivity contribution >= 4 is 33.5 Å². The maximum Gasteiger partial charge on any atom is 0.307 e. The Balaban J connectivity index is 2.15. The van der Waals surface area contributed by atoms with Gasteiger partial charge < -0.3 is 5.11 Å². The van der Waals surface area contributed by atoms with Crippen molar-refractivity contribution < 1.29 is 14.3 Å². The van der Waals surface area contributed by atoms with Crippen LogP contribution in [0.4, 0.5) is 4.39 Å². The van der Waals surface area contributed by atoms with Crippen molar-refractivity contribution in [1.29, 1.82) is 0 Å². The summed E-state index contributed by atoms with van der Waals surface area (Å²) in [5, 5.41) is 9.97. The molecular weight excluding hydrogens is 359 g/mol. The van der Waals surface area contributed by atoms with Gasteiger partial charge in [0.25, 0.3) is 0 Å². The third-order valence-corrected chi connectivity index (χ3v) is 3.86. The predicted molar refractivity (Wildman–Crippen MR) is 84.1 cm³/mol. The van der Waals surface area contributed by atoms with Crippen LogP contribution in [0.15, 0.2) is 46.9 Å². The van der Waals surface area contributed by atoms with Crippen molar-refractivity contribution in [1.82, 2.24) is 0 Å². The van der Waals surface area contributed by atoms with Crippen LogP contribution >= 0.6 is 27.5 Å². The van der Waals surface area contributed by atoms with Gasteiger partial charge in [0.2, 0.25) is 0 Å². The van der Waals surface area contributed by atoms with Gasteiger partial charge in [-0.25, -0.2) is 4.39 Å². The summed E-state index contributed by atoms with van der Waals surface area (Å²) in [4.78, 5) is 11.4. The first-order valence-corrected chi connectivity index (χ1v) is 7.53. The Labute approximate surface area is 135 Å². The van der Waals surface area contributed by atoms with E-state index in [-0.39, 0.29) is 12.2 Å². The Morgan fingerprint density at radius 3 is 2.33 bits per heavy atom. The van der Waals surface area contributed by atoms with Gasteiger partial charge in [0.1, 0.15) is 5.82 Å². The molecule has 2 rings (SSSR count). The first kappa shape index (κ1) is 16.0. The van der Waals surface area contributed by atoms with E-state index < -0.39 is 11.9 Å². The third-order valence-electron chi connectivity index (χ3n) is 3.15. The number of halogens is 3. The monoisotopic (exact) mass is 370 g/mol. The smallest absolute Gasteiger partial charge is 0.307 e. The topological polar surface area (TPSA) is 37.3 Å². The summed E-state index contributed by atoms with van der Waals surface area (Å²) < 4.78 is 14.0. The second kappa shape index (κ2) is 7.05. The summed E-state index contributed by atoms with van der Waals surface area (Å²) in [6.07, 6.45) is 0.648. The molecule has 0 aliphatic heterocycles. The van der Waals surface area contributed by atoms with Gasteiger partial charge in [-0.2, -0.15) is 0 Å². The number of rotatable bonds is 5. The van der Waals surface area contributed by atoms with Crippen molar-refractivity contribution in [3.8, 4) is 0 Å². The van der Waals surface area contributed by atoms with Gasteiger partial charge in [0, 0.05) is 9.50 Å². The molecule has 0 aliphatic rings. The minimum Gasteiger partial charge on any atom is -0.481 e. The van der Waals surface area contributed by atoms with E-state index in [1.54, 1.807) is 30.3 Å². The molecule has 21 heavy (non-hydrogen) atoms. The summed E-state index contributed by atoms with van der Waals surface area (Å²) in [5.41, 5.74) is 1.55. The van der Waals surface area contributed by atoms with Crippen LogP contribution in [0.1, 0.15) is 11.1 Å². The Hall–Kier alpha value is -1.39. The molecule has 2 aromatic rings. The molecule has 1 N–H and O–H groups in total. The zero-order valence-electron chi connectivity index (χ0n) is 11.0. The van der Waals surface area contributed by atoms with E-state index in [0.29, 0.717) is 21.5 Å². The summed E-state index contributed by atoms with van der Waals surface area (Å²) in [6.45, 7) is 0. The molecule has 0 saturated carbocycles. The van der Waals surface area contributed by atoms with Crippen molar-refractivity contribution in [2.75, 3.05) is 0 Å². The molecule has 2 nitrogen and oxygen atoms in total. The number of hydrogen-bond donors (Lipinski definition) is 1. The van der Waals surface area contributed by atoms with Crippen molar-refractivity contribution in [3.63, 3.8) is 0 Å². The Bertz CT molecular complexity index is 623. The fourth-order valence-electron chi connectivity index (χ4n) is 2.17. The molecule has 2 aromatic carbocycles. The van der Waals surface area contributed by atoms with Gasteiger partial charge in [0.05, 0.1) is 5.92 Å².